The Kier molecular flexibility index (Phi) is 2.06. The van der Waals surface area contributed by atoms with Crippen molar-refractivity contribution in [1.29, 1.82) is 0 Å². The smallest absolute Gasteiger partial charge is 0.159 e. The Morgan fingerprint density at radius 1 is 1.47 bits per heavy atom. The SMILES string of the molecule is Clc1cccn1-c1cc(C2CCC2)[nH]n1. The van der Waals surface area contributed by atoms with Crippen LogP contribution in [0.25, 0.3) is 5.82 Å². The summed E-state index contributed by atoms with van der Waals surface area (Å²) in [5.74, 6) is 1.56. The molecular formula is C11H12ClN3. The summed E-state index contributed by atoms with van der Waals surface area (Å²) in [6.45, 7) is 0. The lowest BCUT2D eigenvalue weighted by molar-refractivity contribution is 0.410. The lowest BCUT2D eigenvalue weighted by atomic mass is 9.83. The number of hydrogen-bond acceptors (Lipinski definition) is 1. The summed E-state index contributed by atoms with van der Waals surface area (Å²) in [6, 6.07) is 5.87. The molecule has 0 radical (unpaired) electrons. The van der Waals surface area contributed by atoms with Gasteiger partial charge in [-0.2, -0.15) is 5.10 Å². The normalized spacial score (nSPS) is 16.6. The highest BCUT2D eigenvalue weighted by Crippen LogP contribution is 2.35. The molecule has 3 nitrogen and oxygen atoms in total. The third-order valence-electron chi connectivity index (χ3n) is 3.08. The molecule has 1 N–H and O–H groups in total. The predicted octanol–water partition coefficient (Wildman–Crippen LogP) is 3.12. The fourth-order valence-corrected chi connectivity index (χ4v) is 2.14. The molecular weight excluding hydrogens is 210 g/mol. The van der Waals surface area contributed by atoms with Crippen LogP contribution in [0.2, 0.25) is 5.15 Å². The molecule has 0 aliphatic heterocycles. The van der Waals surface area contributed by atoms with Crippen molar-refractivity contribution in [2.75, 3.05) is 0 Å². The van der Waals surface area contributed by atoms with Crippen molar-refractivity contribution in [3.8, 4) is 5.82 Å². The second-order valence-electron chi connectivity index (χ2n) is 4.01. The minimum atomic E-state index is 0.681. The molecule has 2 aromatic rings. The second kappa shape index (κ2) is 3.42. The molecule has 15 heavy (non-hydrogen) atoms. The second-order valence-corrected chi connectivity index (χ2v) is 4.40. The first-order valence-corrected chi connectivity index (χ1v) is 5.61. The highest BCUT2D eigenvalue weighted by atomic mass is 35.5. The highest BCUT2D eigenvalue weighted by molar-refractivity contribution is 6.29. The molecule has 0 amide bonds. The number of nitrogens with zero attached hydrogens (tertiary/aromatic N) is 2. The van der Waals surface area contributed by atoms with Crippen LogP contribution in [0.15, 0.2) is 24.4 Å². The van der Waals surface area contributed by atoms with Gasteiger partial charge in [-0.1, -0.05) is 18.0 Å². The summed E-state index contributed by atoms with van der Waals surface area (Å²) in [5.41, 5.74) is 1.24. The number of rotatable bonds is 2. The number of aromatic amines is 1. The fraction of sp³-hybridized carbons (Fsp3) is 0.364. The molecule has 0 spiro atoms. The largest absolute Gasteiger partial charge is 0.290 e. The minimum absolute atomic E-state index is 0.681. The molecule has 3 rings (SSSR count). The fourth-order valence-electron chi connectivity index (χ4n) is 1.92. The van der Waals surface area contributed by atoms with Gasteiger partial charge in [0, 0.05) is 23.9 Å². The van der Waals surface area contributed by atoms with Crippen molar-refractivity contribution in [1.82, 2.24) is 14.8 Å². The van der Waals surface area contributed by atoms with E-state index in [1.165, 1.54) is 25.0 Å². The number of nitrogens with one attached hydrogen (secondary N) is 1. The molecule has 78 valence electrons. The van der Waals surface area contributed by atoms with Gasteiger partial charge < -0.3 is 0 Å². The van der Waals surface area contributed by atoms with Crippen LogP contribution >= 0.6 is 11.6 Å². The van der Waals surface area contributed by atoms with Crippen molar-refractivity contribution in [3.63, 3.8) is 0 Å². The van der Waals surface area contributed by atoms with E-state index in [1.54, 1.807) is 0 Å². The first-order chi connectivity index (χ1) is 7.34. The Balaban J connectivity index is 1.93. The number of H-pyrrole nitrogens is 1. The van der Waals surface area contributed by atoms with E-state index >= 15 is 0 Å². The van der Waals surface area contributed by atoms with Gasteiger partial charge >= 0.3 is 0 Å². The maximum atomic E-state index is 6.02. The van der Waals surface area contributed by atoms with Gasteiger partial charge in [-0.3, -0.25) is 9.67 Å². The summed E-state index contributed by atoms with van der Waals surface area (Å²) in [6.07, 6.45) is 5.81. The molecule has 1 aliphatic rings. The number of aromatic nitrogens is 3. The summed E-state index contributed by atoms with van der Waals surface area (Å²) >= 11 is 6.02. The summed E-state index contributed by atoms with van der Waals surface area (Å²) in [5, 5.41) is 8.07. The van der Waals surface area contributed by atoms with E-state index in [9.17, 15) is 0 Å². The van der Waals surface area contributed by atoms with Crippen LogP contribution in [0.1, 0.15) is 30.9 Å². The van der Waals surface area contributed by atoms with E-state index in [2.05, 4.69) is 16.3 Å². The zero-order chi connectivity index (χ0) is 10.3. The zero-order valence-electron chi connectivity index (χ0n) is 8.28. The van der Waals surface area contributed by atoms with E-state index in [-0.39, 0.29) is 0 Å². The topological polar surface area (TPSA) is 33.6 Å². The molecule has 0 bridgehead atoms. The standard InChI is InChI=1S/C11H12ClN3/c12-10-5-2-6-15(10)11-7-9(13-14-11)8-3-1-4-8/h2,5-8H,1,3-4H2,(H,13,14). The third-order valence-corrected chi connectivity index (χ3v) is 3.38. The van der Waals surface area contributed by atoms with Gasteiger partial charge in [-0.05, 0) is 25.0 Å². The Bertz CT molecular complexity index is 468. The number of hydrogen-bond donors (Lipinski definition) is 1. The van der Waals surface area contributed by atoms with Crippen LogP contribution in [0.5, 0.6) is 0 Å². The van der Waals surface area contributed by atoms with E-state index in [1.807, 2.05) is 22.9 Å². The van der Waals surface area contributed by atoms with Crippen LogP contribution in [-0.4, -0.2) is 14.8 Å². The predicted molar refractivity (Wildman–Crippen MR) is 59.5 cm³/mol. The zero-order valence-corrected chi connectivity index (χ0v) is 9.04. The van der Waals surface area contributed by atoms with Gasteiger partial charge in [0.1, 0.15) is 5.15 Å². The Morgan fingerprint density at radius 2 is 2.33 bits per heavy atom. The molecule has 0 unspecified atom stereocenters. The molecule has 0 atom stereocenters. The molecule has 0 aromatic carbocycles. The average molecular weight is 222 g/mol. The molecule has 1 aliphatic carbocycles. The minimum Gasteiger partial charge on any atom is -0.290 e. The van der Waals surface area contributed by atoms with Crippen LogP contribution < -0.4 is 0 Å². The third kappa shape index (κ3) is 1.47. The molecule has 4 heteroatoms. The van der Waals surface area contributed by atoms with Gasteiger partial charge in [0.05, 0.1) is 0 Å². The van der Waals surface area contributed by atoms with Gasteiger partial charge in [-0.25, -0.2) is 0 Å². The van der Waals surface area contributed by atoms with Gasteiger partial charge in [0.15, 0.2) is 5.82 Å². The summed E-state index contributed by atoms with van der Waals surface area (Å²) in [4.78, 5) is 0. The average Bonchev–Trinajstić information content (AvgIpc) is 2.70. The Morgan fingerprint density at radius 3 is 2.93 bits per heavy atom. The monoisotopic (exact) mass is 221 g/mol. The van der Waals surface area contributed by atoms with Gasteiger partial charge in [0.25, 0.3) is 0 Å². The molecule has 1 fully saturated rings. The lowest BCUT2D eigenvalue weighted by Gasteiger charge is -2.23. The quantitative estimate of drug-likeness (QED) is 0.831. The van der Waals surface area contributed by atoms with Crippen molar-refractivity contribution in [3.05, 3.63) is 35.2 Å². The van der Waals surface area contributed by atoms with Crippen molar-refractivity contribution in [2.24, 2.45) is 0 Å². The van der Waals surface area contributed by atoms with Crippen LogP contribution in [-0.2, 0) is 0 Å². The maximum absolute atomic E-state index is 6.02. The van der Waals surface area contributed by atoms with Crippen LogP contribution in [0, 0.1) is 0 Å². The summed E-state index contributed by atoms with van der Waals surface area (Å²) in [7, 11) is 0. The van der Waals surface area contributed by atoms with E-state index in [0.717, 1.165) is 5.82 Å². The van der Waals surface area contributed by atoms with Crippen LogP contribution in [0.4, 0.5) is 0 Å². The van der Waals surface area contributed by atoms with Crippen molar-refractivity contribution >= 4 is 11.6 Å². The number of halogens is 1. The van der Waals surface area contributed by atoms with Crippen LogP contribution in [0.3, 0.4) is 0 Å². The van der Waals surface area contributed by atoms with E-state index in [4.69, 9.17) is 11.6 Å². The summed E-state index contributed by atoms with van der Waals surface area (Å²) < 4.78 is 1.88. The molecule has 2 heterocycles. The van der Waals surface area contributed by atoms with Gasteiger partial charge in [0.2, 0.25) is 0 Å². The molecule has 0 saturated heterocycles. The van der Waals surface area contributed by atoms with Crippen molar-refractivity contribution < 1.29 is 0 Å². The van der Waals surface area contributed by atoms with Crippen molar-refractivity contribution in [2.45, 2.75) is 25.2 Å². The Hall–Kier alpha value is -1.22. The van der Waals surface area contributed by atoms with E-state index in [0.29, 0.717) is 11.1 Å². The van der Waals surface area contributed by atoms with E-state index < -0.39 is 0 Å². The lowest BCUT2D eigenvalue weighted by Crippen LogP contribution is -2.08. The first-order valence-electron chi connectivity index (χ1n) is 5.23. The highest BCUT2D eigenvalue weighted by Gasteiger charge is 2.21. The first kappa shape index (κ1) is 9.04. The van der Waals surface area contributed by atoms with Gasteiger partial charge in [-0.15, -0.1) is 0 Å². The maximum Gasteiger partial charge on any atom is 0.159 e. The Labute approximate surface area is 93.1 Å². The molecule has 2 aromatic heterocycles. The molecule has 1 saturated carbocycles.